The fraction of sp³-hybridized carbons (Fsp3) is 0.333. The predicted molar refractivity (Wildman–Crippen MR) is 62.3 cm³/mol. The average molecular weight is 301 g/mol. The van der Waals surface area contributed by atoms with Crippen LogP contribution in [0.4, 0.5) is 4.39 Å². The van der Waals surface area contributed by atoms with Crippen LogP contribution >= 0.6 is 15.9 Å². The van der Waals surface area contributed by atoms with E-state index in [9.17, 15) is 14.0 Å². The normalized spacial score (nSPS) is 18.8. The third-order valence-corrected chi connectivity index (χ3v) is 3.56. The van der Waals surface area contributed by atoms with Crippen molar-refractivity contribution >= 4 is 27.7 Å². The number of methoxy groups -OCH3 is 1. The molecular formula is C12H10BrFO3. The highest BCUT2D eigenvalue weighted by molar-refractivity contribution is 9.10. The second-order valence-electron chi connectivity index (χ2n) is 3.93. The van der Waals surface area contributed by atoms with E-state index < -0.39 is 17.7 Å². The van der Waals surface area contributed by atoms with E-state index in [0.29, 0.717) is 15.6 Å². The van der Waals surface area contributed by atoms with Gasteiger partial charge in [0.05, 0.1) is 13.0 Å². The number of fused-ring (bicyclic) bond motifs is 1. The molecule has 5 heteroatoms. The molecule has 1 aliphatic carbocycles. The van der Waals surface area contributed by atoms with Crippen LogP contribution in [-0.4, -0.2) is 18.9 Å². The monoisotopic (exact) mass is 300 g/mol. The number of esters is 1. The first-order valence-corrected chi connectivity index (χ1v) is 5.91. The molecule has 3 nitrogen and oxygen atoms in total. The topological polar surface area (TPSA) is 43.4 Å². The van der Waals surface area contributed by atoms with Gasteiger partial charge in [-0.2, -0.15) is 0 Å². The zero-order valence-corrected chi connectivity index (χ0v) is 10.7. The van der Waals surface area contributed by atoms with Crippen molar-refractivity contribution in [3.05, 3.63) is 33.5 Å². The van der Waals surface area contributed by atoms with E-state index in [2.05, 4.69) is 20.7 Å². The van der Waals surface area contributed by atoms with E-state index in [1.165, 1.54) is 19.2 Å². The largest absolute Gasteiger partial charge is 0.469 e. The van der Waals surface area contributed by atoms with Crippen LogP contribution in [0.25, 0.3) is 0 Å². The number of ketones is 1. The molecule has 0 saturated heterocycles. The quantitative estimate of drug-likeness (QED) is 0.749. The van der Waals surface area contributed by atoms with Crippen LogP contribution in [0.15, 0.2) is 16.6 Å². The van der Waals surface area contributed by atoms with E-state index in [1.54, 1.807) is 0 Å². The fourth-order valence-electron chi connectivity index (χ4n) is 2.07. The van der Waals surface area contributed by atoms with Gasteiger partial charge in [0, 0.05) is 22.0 Å². The Hall–Kier alpha value is -1.23. The molecule has 0 N–H and O–H groups in total. The van der Waals surface area contributed by atoms with Gasteiger partial charge in [-0.15, -0.1) is 0 Å². The number of carbonyl (C=O) groups is 2. The maximum absolute atomic E-state index is 13.6. The highest BCUT2D eigenvalue weighted by atomic mass is 79.9. The summed E-state index contributed by atoms with van der Waals surface area (Å²) in [5, 5.41) is 0. The maximum Gasteiger partial charge on any atom is 0.309 e. The van der Waals surface area contributed by atoms with Crippen LogP contribution < -0.4 is 0 Å². The van der Waals surface area contributed by atoms with Crippen LogP contribution in [0.3, 0.4) is 0 Å². The van der Waals surface area contributed by atoms with Crippen LogP contribution in [0, 0.1) is 11.7 Å². The van der Waals surface area contributed by atoms with Gasteiger partial charge in [0.2, 0.25) is 0 Å². The summed E-state index contributed by atoms with van der Waals surface area (Å²) in [5.41, 5.74) is 0.649. The van der Waals surface area contributed by atoms with Gasteiger partial charge in [-0.25, -0.2) is 4.39 Å². The lowest BCUT2D eigenvalue weighted by atomic mass is 9.83. The molecule has 0 aromatic heterocycles. The van der Waals surface area contributed by atoms with Crippen molar-refractivity contribution < 1.29 is 18.7 Å². The average Bonchev–Trinajstić information content (AvgIpc) is 2.32. The number of halogens is 2. The fourth-order valence-corrected chi connectivity index (χ4v) is 2.67. The summed E-state index contributed by atoms with van der Waals surface area (Å²) >= 11 is 3.23. The molecule has 90 valence electrons. The van der Waals surface area contributed by atoms with E-state index in [0.717, 1.165) is 0 Å². The molecule has 0 heterocycles. The molecule has 1 aliphatic rings. The van der Waals surface area contributed by atoms with Crippen molar-refractivity contribution in [3.8, 4) is 0 Å². The van der Waals surface area contributed by atoms with Crippen LogP contribution in [-0.2, 0) is 16.0 Å². The summed E-state index contributed by atoms with van der Waals surface area (Å²) in [5.74, 6) is -1.73. The molecule has 1 aromatic carbocycles. The summed E-state index contributed by atoms with van der Waals surface area (Å²) in [7, 11) is 1.26. The minimum atomic E-state index is -0.580. The van der Waals surface area contributed by atoms with Gasteiger partial charge in [0.15, 0.2) is 5.78 Å². The van der Waals surface area contributed by atoms with Gasteiger partial charge in [0.25, 0.3) is 0 Å². The molecule has 1 aromatic rings. The Labute approximate surface area is 106 Å². The summed E-state index contributed by atoms with van der Waals surface area (Å²) in [4.78, 5) is 23.3. The standard InChI is InChI=1S/C12H10BrFO3/c1-17-12(16)6-4-7-9(14)3-2-8(13)11(7)10(15)5-6/h2-3,6H,4-5H2,1H3. The summed E-state index contributed by atoms with van der Waals surface area (Å²) in [6, 6.07) is 2.79. The highest BCUT2D eigenvalue weighted by Crippen LogP contribution is 2.33. The van der Waals surface area contributed by atoms with Crippen molar-refractivity contribution in [1.29, 1.82) is 0 Å². The Morgan fingerprint density at radius 1 is 1.47 bits per heavy atom. The van der Waals surface area contributed by atoms with Gasteiger partial charge >= 0.3 is 5.97 Å². The molecule has 0 fully saturated rings. The molecule has 0 aliphatic heterocycles. The molecular weight excluding hydrogens is 291 g/mol. The number of benzene rings is 1. The lowest BCUT2D eigenvalue weighted by molar-refractivity contribution is -0.145. The number of hydrogen-bond acceptors (Lipinski definition) is 3. The van der Waals surface area contributed by atoms with Crippen molar-refractivity contribution in [2.75, 3.05) is 7.11 Å². The summed E-state index contributed by atoms with van der Waals surface area (Å²) in [6.45, 7) is 0. The minimum Gasteiger partial charge on any atom is -0.469 e. The van der Waals surface area contributed by atoms with E-state index >= 15 is 0 Å². The minimum absolute atomic E-state index is 0.0712. The first-order valence-electron chi connectivity index (χ1n) is 5.12. The SMILES string of the molecule is COC(=O)C1CC(=O)c2c(Br)ccc(F)c2C1. The van der Waals surface area contributed by atoms with Crippen LogP contribution in [0.2, 0.25) is 0 Å². The highest BCUT2D eigenvalue weighted by Gasteiger charge is 2.33. The van der Waals surface area contributed by atoms with Gasteiger partial charge in [0.1, 0.15) is 5.82 Å². The second-order valence-corrected chi connectivity index (χ2v) is 4.79. The lowest BCUT2D eigenvalue weighted by Gasteiger charge is -2.22. The van der Waals surface area contributed by atoms with Gasteiger partial charge < -0.3 is 4.74 Å². The van der Waals surface area contributed by atoms with Crippen LogP contribution in [0.5, 0.6) is 0 Å². The van der Waals surface area contributed by atoms with Crippen molar-refractivity contribution in [2.24, 2.45) is 5.92 Å². The summed E-state index contributed by atoms with van der Waals surface area (Å²) < 4.78 is 18.8. The first-order chi connectivity index (χ1) is 8.04. The second kappa shape index (κ2) is 4.56. The molecule has 1 atom stereocenters. The maximum atomic E-state index is 13.6. The summed E-state index contributed by atoms with van der Waals surface area (Å²) in [6.07, 6.45) is 0.279. The molecule has 0 radical (unpaired) electrons. The Morgan fingerprint density at radius 2 is 2.18 bits per heavy atom. The van der Waals surface area contributed by atoms with Gasteiger partial charge in [-0.3, -0.25) is 9.59 Å². The Balaban J connectivity index is 2.46. The predicted octanol–water partition coefficient (Wildman–Crippen LogP) is 2.51. The van der Waals surface area contributed by atoms with E-state index in [4.69, 9.17) is 0 Å². The Kier molecular flexibility index (Phi) is 3.28. The zero-order chi connectivity index (χ0) is 12.6. The number of rotatable bonds is 1. The van der Waals surface area contributed by atoms with E-state index in [-0.39, 0.29) is 18.6 Å². The Bertz CT molecular complexity index is 499. The van der Waals surface area contributed by atoms with Gasteiger partial charge in [-0.05, 0) is 18.6 Å². The molecule has 0 bridgehead atoms. The Morgan fingerprint density at radius 3 is 2.82 bits per heavy atom. The zero-order valence-electron chi connectivity index (χ0n) is 9.13. The smallest absolute Gasteiger partial charge is 0.309 e. The van der Waals surface area contributed by atoms with Crippen LogP contribution in [0.1, 0.15) is 22.3 Å². The molecule has 0 spiro atoms. The molecule has 17 heavy (non-hydrogen) atoms. The third-order valence-electron chi connectivity index (χ3n) is 2.90. The third kappa shape index (κ3) is 2.11. The lowest BCUT2D eigenvalue weighted by Crippen LogP contribution is -2.28. The van der Waals surface area contributed by atoms with E-state index in [1.807, 2.05) is 0 Å². The molecule has 1 unspecified atom stereocenters. The van der Waals surface area contributed by atoms with Crippen molar-refractivity contribution in [1.82, 2.24) is 0 Å². The number of ether oxygens (including phenoxy) is 1. The molecule has 0 amide bonds. The van der Waals surface area contributed by atoms with Crippen molar-refractivity contribution in [2.45, 2.75) is 12.8 Å². The van der Waals surface area contributed by atoms with Gasteiger partial charge in [-0.1, -0.05) is 15.9 Å². The molecule has 2 rings (SSSR count). The number of Topliss-reactive ketones (excluding diaryl/α,β-unsaturated/α-hetero) is 1. The number of carbonyl (C=O) groups excluding carboxylic acids is 2. The first kappa shape index (κ1) is 12.2. The van der Waals surface area contributed by atoms with Crippen molar-refractivity contribution in [3.63, 3.8) is 0 Å². The number of hydrogen-bond donors (Lipinski definition) is 0. The molecule has 0 saturated carbocycles.